The van der Waals surface area contributed by atoms with Crippen LogP contribution < -0.4 is 0 Å². The molecule has 0 nitrogen and oxygen atoms in total. The third-order valence-corrected chi connectivity index (χ3v) is 1.37. The lowest BCUT2D eigenvalue weighted by Crippen LogP contribution is -1.83. The Balaban J connectivity index is 0.000000810. The van der Waals surface area contributed by atoms with Crippen molar-refractivity contribution < 1.29 is 0 Å². The Hall–Kier alpha value is -0.490. The second-order valence-corrected chi connectivity index (χ2v) is 2.31. The van der Waals surface area contributed by atoms with E-state index in [0.717, 1.165) is 0 Å². The van der Waals surface area contributed by atoms with Crippen LogP contribution in [-0.4, -0.2) is 0 Å². The molecule has 0 aliphatic carbocycles. The summed E-state index contributed by atoms with van der Waals surface area (Å²) < 4.78 is 0. The Morgan fingerprint density at radius 3 is 2.00 bits per heavy atom. The van der Waals surface area contributed by atoms with Gasteiger partial charge in [0.15, 0.2) is 0 Å². The van der Waals surface area contributed by atoms with E-state index in [1.165, 1.54) is 5.56 Å². The molecular formula is C9H12Cl. The van der Waals surface area contributed by atoms with Crippen molar-refractivity contribution in [2.24, 2.45) is 0 Å². The summed E-state index contributed by atoms with van der Waals surface area (Å²) in [4.78, 5) is 0. The molecule has 0 bridgehead atoms. The van der Waals surface area contributed by atoms with Gasteiger partial charge in [0.25, 0.3) is 0 Å². The molecule has 0 amide bonds. The summed E-state index contributed by atoms with van der Waals surface area (Å²) >= 11 is 0. The fraction of sp³-hybridized carbons (Fsp3) is 0.222. The van der Waals surface area contributed by atoms with Crippen LogP contribution in [0.1, 0.15) is 18.4 Å². The van der Waals surface area contributed by atoms with Crippen LogP contribution in [0.25, 0.3) is 0 Å². The van der Waals surface area contributed by atoms with E-state index in [2.05, 4.69) is 26.0 Å². The van der Waals surface area contributed by atoms with Crippen LogP contribution in [0.2, 0.25) is 0 Å². The minimum atomic E-state index is 0. The highest BCUT2D eigenvalue weighted by Gasteiger charge is 1.93. The largest absolute Gasteiger partial charge is 0.147 e. The molecule has 1 aromatic carbocycles. The van der Waals surface area contributed by atoms with Crippen molar-refractivity contribution in [2.45, 2.75) is 12.8 Å². The van der Waals surface area contributed by atoms with Crippen LogP contribution in [0.15, 0.2) is 30.3 Å². The zero-order chi connectivity index (χ0) is 6.69. The predicted octanol–water partition coefficient (Wildman–Crippen LogP) is 3.05. The summed E-state index contributed by atoms with van der Waals surface area (Å²) in [6, 6.07) is 10.3. The Morgan fingerprint density at radius 2 is 1.70 bits per heavy atom. The van der Waals surface area contributed by atoms with Crippen molar-refractivity contribution >= 4 is 12.4 Å². The molecule has 0 saturated heterocycles. The molecule has 0 heterocycles. The van der Waals surface area contributed by atoms with Crippen molar-refractivity contribution in [3.8, 4) is 0 Å². The first-order chi connectivity index (χ1) is 4.30. The third-order valence-electron chi connectivity index (χ3n) is 1.37. The lowest BCUT2D eigenvalue weighted by atomic mass is 10.0. The molecule has 0 fully saturated rings. The first-order valence-corrected chi connectivity index (χ1v) is 3.18. The van der Waals surface area contributed by atoms with Gasteiger partial charge in [-0.3, -0.25) is 0 Å². The van der Waals surface area contributed by atoms with Crippen molar-refractivity contribution in [2.75, 3.05) is 0 Å². The van der Waals surface area contributed by atoms with Gasteiger partial charge in [-0.05, 0) is 18.4 Å². The maximum atomic E-state index is 3.91. The molecule has 0 spiro atoms. The summed E-state index contributed by atoms with van der Waals surface area (Å²) in [7, 11) is 0. The molecule has 1 unspecified atom stereocenters. The maximum absolute atomic E-state index is 3.91. The lowest BCUT2D eigenvalue weighted by molar-refractivity contribution is 0.964. The van der Waals surface area contributed by atoms with E-state index < -0.39 is 0 Å². The monoisotopic (exact) mass is 155 g/mol. The second-order valence-electron chi connectivity index (χ2n) is 2.31. The minimum Gasteiger partial charge on any atom is -0.147 e. The highest BCUT2D eigenvalue weighted by molar-refractivity contribution is 5.85. The topological polar surface area (TPSA) is 0 Å². The van der Waals surface area contributed by atoms with Crippen LogP contribution in [0.3, 0.4) is 0 Å². The molecule has 0 aliphatic rings. The van der Waals surface area contributed by atoms with Gasteiger partial charge in [-0.1, -0.05) is 37.3 Å². The number of hydrogen-bond donors (Lipinski definition) is 0. The van der Waals surface area contributed by atoms with E-state index in [4.69, 9.17) is 0 Å². The molecule has 1 atom stereocenters. The Bertz CT molecular complexity index is 167. The van der Waals surface area contributed by atoms with Gasteiger partial charge in [-0.2, -0.15) is 0 Å². The van der Waals surface area contributed by atoms with Gasteiger partial charge < -0.3 is 0 Å². The quantitative estimate of drug-likeness (QED) is 0.585. The highest BCUT2D eigenvalue weighted by Crippen LogP contribution is 2.11. The fourth-order valence-electron chi connectivity index (χ4n) is 0.782. The summed E-state index contributed by atoms with van der Waals surface area (Å²) in [6.45, 7) is 6.00. The standard InChI is InChI=1S/C9H11.ClH/c1-8(2)9-6-4-3-5-7-9;/h3-8H,1H2,2H3;1H. The molecule has 0 aliphatic heterocycles. The molecule has 0 aromatic heterocycles. The van der Waals surface area contributed by atoms with E-state index in [0.29, 0.717) is 5.92 Å². The maximum Gasteiger partial charge on any atom is -0.0190 e. The van der Waals surface area contributed by atoms with Crippen LogP contribution in [0.5, 0.6) is 0 Å². The molecule has 10 heavy (non-hydrogen) atoms. The molecular weight excluding hydrogens is 144 g/mol. The van der Waals surface area contributed by atoms with Crippen molar-refractivity contribution in [3.63, 3.8) is 0 Å². The summed E-state index contributed by atoms with van der Waals surface area (Å²) in [5.41, 5.74) is 1.30. The average Bonchev–Trinajstić information content (AvgIpc) is 1.90. The number of hydrogen-bond acceptors (Lipinski definition) is 0. The highest BCUT2D eigenvalue weighted by atomic mass is 35.5. The van der Waals surface area contributed by atoms with Gasteiger partial charge in [0.2, 0.25) is 0 Å². The van der Waals surface area contributed by atoms with E-state index in [1.54, 1.807) is 0 Å². The van der Waals surface area contributed by atoms with Crippen molar-refractivity contribution in [1.29, 1.82) is 0 Å². The number of rotatable bonds is 1. The van der Waals surface area contributed by atoms with Crippen LogP contribution in [-0.2, 0) is 0 Å². The van der Waals surface area contributed by atoms with Crippen LogP contribution in [0, 0.1) is 6.92 Å². The van der Waals surface area contributed by atoms with Crippen LogP contribution in [0.4, 0.5) is 0 Å². The van der Waals surface area contributed by atoms with Crippen molar-refractivity contribution in [1.82, 2.24) is 0 Å². The van der Waals surface area contributed by atoms with E-state index in [-0.39, 0.29) is 12.4 Å². The van der Waals surface area contributed by atoms with Crippen molar-refractivity contribution in [3.05, 3.63) is 42.8 Å². The Labute approximate surface area is 68.7 Å². The normalized spacial score (nSPS) is 9.10. The molecule has 1 rings (SSSR count). The second kappa shape index (κ2) is 4.35. The zero-order valence-corrected chi connectivity index (χ0v) is 6.90. The van der Waals surface area contributed by atoms with Gasteiger partial charge in [-0.25, -0.2) is 0 Å². The van der Waals surface area contributed by atoms with Gasteiger partial charge >= 0.3 is 0 Å². The smallest absolute Gasteiger partial charge is 0.0190 e. The SMILES string of the molecule is Cl.[CH2]C(C)c1ccccc1. The predicted molar refractivity (Wildman–Crippen MR) is 47.5 cm³/mol. The average molecular weight is 156 g/mol. The molecule has 0 saturated carbocycles. The van der Waals surface area contributed by atoms with E-state index in [9.17, 15) is 0 Å². The first kappa shape index (κ1) is 9.51. The van der Waals surface area contributed by atoms with Gasteiger partial charge in [0.05, 0.1) is 0 Å². The fourth-order valence-corrected chi connectivity index (χ4v) is 0.782. The molecule has 1 radical (unpaired) electrons. The van der Waals surface area contributed by atoms with Crippen LogP contribution >= 0.6 is 12.4 Å². The first-order valence-electron chi connectivity index (χ1n) is 3.18. The summed E-state index contributed by atoms with van der Waals surface area (Å²) in [6.07, 6.45) is 0. The van der Waals surface area contributed by atoms with E-state index >= 15 is 0 Å². The lowest BCUT2D eigenvalue weighted by Gasteiger charge is -2.01. The molecule has 55 valence electrons. The van der Waals surface area contributed by atoms with Gasteiger partial charge in [0.1, 0.15) is 0 Å². The van der Waals surface area contributed by atoms with Gasteiger partial charge in [0, 0.05) is 0 Å². The number of benzene rings is 1. The Kier molecular flexibility index (Phi) is 4.13. The summed E-state index contributed by atoms with van der Waals surface area (Å²) in [5, 5.41) is 0. The molecule has 0 N–H and O–H groups in total. The molecule has 1 heteroatoms. The molecule has 1 aromatic rings. The zero-order valence-electron chi connectivity index (χ0n) is 6.08. The third kappa shape index (κ3) is 2.40. The Morgan fingerprint density at radius 1 is 1.20 bits per heavy atom. The van der Waals surface area contributed by atoms with Gasteiger partial charge in [-0.15, -0.1) is 12.4 Å². The van der Waals surface area contributed by atoms with E-state index in [1.807, 2.05) is 18.2 Å². The minimum absolute atomic E-state index is 0. The summed E-state index contributed by atoms with van der Waals surface area (Å²) in [5.74, 6) is 0.409. The number of halogens is 1.